The predicted octanol–water partition coefficient (Wildman–Crippen LogP) is 2.81. The van der Waals surface area contributed by atoms with E-state index in [1.807, 2.05) is 43.3 Å². The maximum absolute atomic E-state index is 13.1. The lowest BCUT2D eigenvalue weighted by Gasteiger charge is -2.21. The molecule has 2 aromatic carbocycles. The second-order valence-corrected chi connectivity index (χ2v) is 7.70. The van der Waals surface area contributed by atoms with Crippen LogP contribution in [0, 0.1) is 5.92 Å². The molecular weight excluding hydrogens is 368 g/mol. The molecule has 1 saturated carbocycles. The Kier molecular flexibility index (Phi) is 4.74. The van der Waals surface area contributed by atoms with Crippen LogP contribution in [0.15, 0.2) is 47.6 Å². The number of carbonyl (C=O) groups excluding carboxylic acids is 2. The minimum atomic E-state index is -0.529. The van der Waals surface area contributed by atoms with Gasteiger partial charge in [0.2, 0.25) is 11.8 Å². The van der Waals surface area contributed by atoms with Gasteiger partial charge in [-0.3, -0.25) is 9.59 Å². The molecule has 4 rings (SSSR count). The summed E-state index contributed by atoms with van der Waals surface area (Å²) in [5.74, 6) is 0.584. The standard InChI is InChI=1S/C22H24N4O3/c1-13-11-19(27)25-26-20(13)14-3-8-17(23)18(12-14)24-21(28)22(9-10-22)15-4-6-16(29-2)7-5-15/h3-8,12-13H,9-11,23H2,1-2H3,(H,24,28)(H,25,27). The summed E-state index contributed by atoms with van der Waals surface area (Å²) in [6.07, 6.45) is 1.96. The van der Waals surface area contributed by atoms with Crippen LogP contribution in [0.25, 0.3) is 0 Å². The molecule has 1 aliphatic carbocycles. The zero-order chi connectivity index (χ0) is 20.6. The van der Waals surface area contributed by atoms with E-state index in [4.69, 9.17) is 10.5 Å². The van der Waals surface area contributed by atoms with Crippen molar-refractivity contribution in [2.45, 2.75) is 31.6 Å². The zero-order valence-electron chi connectivity index (χ0n) is 16.5. The fourth-order valence-electron chi connectivity index (χ4n) is 3.75. The number of hydrogen-bond donors (Lipinski definition) is 3. The molecule has 4 N–H and O–H groups in total. The van der Waals surface area contributed by atoms with Gasteiger partial charge in [0.05, 0.1) is 29.6 Å². The van der Waals surface area contributed by atoms with E-state index in [0.29, 0.717) is 17.8 Å². The van der Waals surface area contributed by atoms with Crippen LogP contribution >= 0.6 is 0 Å². The van der Waals surface area contributed by atoms with Crippen molar-refractivity contribution in [3.63, 3.8) is 0 Å². The number of nitrogen functional groups attached to an aromatic ring is 1. The van der Waals surface area contributed by atoms with Crippen molar-refractivity contribution >= 4 is 28.9 Å². The fourth-order valence-corrected chi connectivity index (χ4v) is 3.75. The average molecular weight is 392 g/mol. The molecule has 0 bridgehead atoms. The molecule has 1 unspecified atom stereocenters. The predicted molar refractivity (Wildman–Crippen MR) is 112 cm³/mol. The molecule has 2 aliphatic rings. The number of methoxy groups -OCH3 is 1. The Labute approximate surface area is 169 Å². The van der Waals surface area contributed by atoms with Crippen molar-refractivity contribution in [1.82, 2.24) is 5.43 Å². The lowest BCUT2D eigenvalue weighted by Crippen LogP contribution is -2.32. The topological polar surface area (TPSA) is 106 Å². The number of amides is 2. The van der Waals surface area contributed by atoms with Crippen molar-refractivity contribution in [3.8, 4) is 5.75 Å². The third kappa shape index (κ3) is 3.55. The summed E-state index contributed by atoms with van der Waals surface area (Å²) in [5.41, 5.74) is 11.7. The fraction of sp³-hybridized carbons (Fsp3) is 0.318. The number of nitrogens with zero attached hydrogens (tertiary/aromatic N) is 1. The third-order valence-corrected chi connectivity index (χ3v) is 5.68. The molecule has 1 aliphatic heterocycles. The second-order valence-electron chi connectivity index (χ2n) is 7.70. The van der Waals surface area contributed by atoms with Crippen molar-refractivity contribution in [1.29, 1.82) is 0 Å². The summed E-state index contributed by atoms with van der Waals surface area (Å²) in [4.78, 5) is 24.6. The molecule has 0 saturated heterocycles. The van der Waals surface area contributed by atoms with Crippen LogP contribution in [-0.4, -0.2) is 24.6 Å². The monoisotopic (exact) mass is 392 g/mol. The van der Waals surface area contributed by atoms with Gasteiger partial charge in [0.25, 0.3) is 0 Å². The van der Waals surface area contributed by atoms with Crippen LogP contribution in [0.3, 0.4) is 0 Å². The smallest absolute Gasteiger partial charge is 0.240 e. The van der Waals surface area contributed by atoms with E-state index in [1.165, 1.54) is 0 Å². The third-order valence-electron chi connectivity index (χ3n) is 5.68. The van der Waals surface area contributed by atoms with E-state index >= 15 is 0 Å². The number of carbonyl (C=O) groups is 2. The second kappa shape index (κ2) is 7.24. The van der Waals surface area contributed by atoms with Gasteiger partial charge >= 0.3 is 0 Å². The molecule has 2 aromatic rings. The highest BCUT2D eigenvalue weighted by molar-refractivity contribution is 6.08. The number of hydrazone groups is 1. The van der Waals surface area contributed by atoms with Crippen LogP contribution in [0.4, 0.5) is 11.4 Å². The lowest BCUT2D eigenvalue weighted by molar-refractivity contribution is -0.122. The normalized spacial score (nSPS) is 19.7. The SMILES string of the molecule is COc1ccc(C2(C(=O)Nc3cc(C4=NNC(=O)CC4C)ccc3N)CC2)cc1. The molecular formula is C22H24N4O3. The molecule has 1 heterocycles. The first-order valence-electron chi connectivity index (χ1n) is 9.65. The van der Waals surface area contributed by atoms with E-state index in [0.717, 1.165) is 35.4 Å². The highest BCUT2D eigenvalue weighted by atomic mass is 16.5. The average Bonchev–Trinajstić information content (AvgIpc) is 3.52. The van der Waals surface area contributed by atoms with Crippen molar-refractivity contribution in [3.05, 3.63) is 53.6 Å². The molecule has 29 heavy (non-hydrogen) atoms. The molecule has 150 valence electrons. The molecule has 0 radical (unpaired) electrons. The Balaban J connectivity index is 1.57. The summed E-state index contributed by atoms with van der Waals surface area (Å²) in [6.45, 7) is 1.95. The maximum Gasteiger partial charge on any atom is 0.240 e. The number of rotatable bonds is 5. The first-order valence-corrected chi connectivity index (χ1v) is 9.65. The van der Waals surface area contributed by atoms with Crippen molar-refractivity contribution in [2.75, 3.05) is 18.2 Å². The zero-order valence-corrected chi connectivity index (χ0v) is 16.5. The minimum absolute atomic E-state index is 0.00926. The van der Waals surface area contributed by atoms with Crippen molar-refractivity contribution < 1.29 is 14.3 Å². The van der Waals surface area contributed by atoms with Gasteiger partial charge in [-0.25, -0.2) is 5.43 Å². The number of anilines is 2. The van der Waals surface area contributed by atoms with Crippen LogP contribution < -0.4 is 21.2 Å². The van der Waals surface area contributed by atoms with E-state index in [2.05, 4.69) is 15.8 Å². The van der Waals surface area contributed by atoms with E-state index in [1.54, 1.807) is 13.2 Å². The number of nitrogens with two attached hydrogens (primary N) is 1. The molecule has 7 nitrogen and oxygen atoms in total. The summed E-state index contributed by atoms with van der Waals surface area (Å²) >= 11 is 0. The minimum Gasteiger partial charge on any atom is -0.497 e. The molecule has 1 fully saturated rings. The van der Waals surface area contributed by atoms with Crippen molar-refractivity contribution in [2.24, 2.45) is 11.0 Å². The number of ether oxygens (including phenoxy) is 1. The Bertz CT molecular complexity index is 994. The molecule has 0 spiro atoms. The highest BCUT2D eigenvalue weighted by Crippen LogP contribution is 2.49. The molecule has 0 aromatic heterocycles. The summed E-state index contributed by atoms with van der Waals surface area (Å²) in [7, 11) is 1.62. The van der Waals surface area contributed by atoms with E-state index in [9.17, 15) is 9.59 Å². The van der Waals surface area contributed by atoms with Gasteiger partial charge < -0.3 is 15.8 Å². The Hall–Kier alpha value is -3.35. The Morgan fingerprint density at radius 2 is 1.97 bits per heavy atom. The first kappa shape index (κ1) is 19.0. The van der Waals surface area contributed by atoms with Crippen LogP contribution in [-0.2, 0) is 15.0 Å². The molecule has 7 heteroatoms. The van der Waals surface area contributed by atoms with Gasteiger partial charge in [-0.2, -0.15) is 5.10 Å². The lowest BCUT2D eigenvalue weighted by atomic mass is 9.93. The molecule has 2 amide bonds. The van der Waals surface area contributed by atoms with E-state index in [-0.39, 0.29) is 17.7 Å². The Morgan fingerprint density at radius 3 is 2.59 bits per heavy atom. The van der Waals surface area contributed by atoms with E-state index < -0.39 is 5.41 Å². The summed E-state index contributed by atoms with van der Waals surface area (Å²) in [6, 6.07) is 13.0. The van der Waals surface area contributed by atoms with Crippen LogP contribution in [0.5, 0.6) is 5.75 Å². The van der Waals surface area contributed by atoms with Gasteiger partial charge in [0, 0.05) is 17.9 Å². The van der Waals surface area contributed by atoms with Gasteiger partial charge in [0.15, 0.2) is 0 Å². The Morgan fingerprint density at radius 1 is 1.24 bits per heavy atom. The van der Waals surface area contributed by atoms with Gasteiger partial charge in [-0.05, 0) is 42.7 Å². The summed E-state index contributed by atoms with van der Waals surface area (Å²) < 4.78 is 5.21. The largest absolute Gasteiger partial charge is 0.497 e. The number of hydrogen-bond acceptors (Lipinski definition) is 5. The first-order chi connectivity index (χ1) is 13.9. The quantitative estimate of drug-likeness (QED) is 0.680. The highest BCUT2D eigenvalue weighted by Gasteiger charge is 2.51. The maximum atomic E-state index is 13.1. The number of benzene rings is 2. The van der Waals surface area contributed by atoms with Crippen LogP contribution in [0.1, 0.15) is 37.3 Å². The van der Waals surface area contributed by atoms with Gasteiger partial charge in [-0.15, -0.1) is 0 Å². The molecule has 1 atom stereocenters. The van der Waals surface area contributed by atoms with Gasteiger partial charge in [-0.1, -0.05) is 25.1 Å². The van der Waals surface area contributed by atoms with Gasteiger partial charge in [0.1, 0.15) is 5.75 Å². The summed E-state index contributed by atoms with van der Waals surface area (Å²) in [5, 5.41) is 7.19. The van der Waals surface area contributed by atoms with Crippen LogP contribution in [0.2, 0.25) is 0 Å². The number of nitrogens with one attached hydrogen (secondary N) is 2.